The number of carboxylic acid groups (broad SMARTS) is 1. The van der Waals surface area contributed by atoms with Crippen molar-refractivity contribution >= 4 is 11.9 Å². The Morgan fingerprint density at radius 1 is 1.47 bits per heavy atom. The molecule has 0 spiro atoms. The minimum absolute atomic E-state index is 0.0208. The summed E-state index contributed by atoms with van der Waals surface area (Å²) in [6.45, 7) is 3.67. The van der Waals surface area contributed by atoms with Gasteiger partial charge in [-0.25, -0.2) is 0 Å². The minimum Gasteiger partial charge on any atom is -0.481 e. The molecule has 1 unspecified atom stereocenters. The maximum absolute atomic E-state index is 11.4. The highest BCUT2D eigenvalue weighted by Gasteiger charge is 2.33. The molecule has 1 saturated carbocycles. The average Bonchev–Trinajstić information content (AvgIpc) is 2.81. The Balaban J connectivity index is 2.47. The number of allylic oxidation sites excluding steroid dienone is 1. The van der Waals surface area contributed by atoms with Gasteiger partial charge >= 0.3 is 5.97 Å². The second-order valence-corrected chi connectivity index (χ2v) is 4.27. The second kappa shape index (κ2) is 4.96. The predicted molar refractivity (Wildman–Crippen MR) is 56.3 cm³/mol. The largest absolute Gasteiger partial charge is 0.481 e. The van der Waals surface area contributed by atoms with Crippen molar-refractivity contribution in [3.63, 3.8) is 0 Å². The first-order valence-electron chi connectivity index (χ1n) is 5.16. The number of hydrogen-bond acceptors (Lipinski definition) is 2. The maximum Gasteiger partial charge on any atom is 0.305 e. The summed E-state index contributed by atoms with van der Waals surface area (Å²) < 4.78 is 0. The first-order valence-corrected chi connectivity index (χ1v) is 5.16. The van der Waals surface area contributed by atoms with Crippen LogP contribution in [0.4, 0.5) is 0 Å². The summed E-state index contributed by atoms with van der Waals surface area (Å²) in [5.74, 6) is -0.687. The smallest absolute Gasteiger partial charge is 0.305 e. The van der Waals surface area contributed by atoms with Crippen molar-refractivity contribution < 1.29 is 14.7 Å². The van der Waals surface area contributed by atoms with Crippen LogP contribution in [0.3, 0.4) is 0 Å². The zero-order chi connectivity index (χ0) is 11.4. The van der Waals surface area contributed by atoms with Crippen LogP contribution in [0.15, 0.2) is 11.6 Å². The summed E-state index contributed by atoms with van der Waals surface area (Å²) in [5, 5.41) is 11.4. The Morgan fingerprint density at radius 3 is 2.47 bits per heavy atom. The van der Waals surface area contributed by atoms with Crippen LogP contribution in [0.5, 0.6) is 0 Å². The number of aliphatic carboxylic acids is 1. The van der Waals surface area contributed by atoms with E-state index in [1.54, 1.807) is 0 Å². The fourth-order valence-corrected chi connectivity index (χ4v) is 1.51. The Kier molecular flexibility index (Phi) is 3.88. The number of carbonyl (C=O) groups is 2. The Hall–Kier alpha value is -1.32. The van der Waals surface area contributed by atoms with Gasteiger partial charge in [0.1, 0.15) is 0 Å². The van der Waals surface area contributed by atoms with Gasteiger partial charge in [-0.1, -0.05) is 5.57 Å². The lowest BCUT2D eigenvalue weighted by molar-refractivity contribution is -0.137. The highest BCUT2D eigenvalue weighted by molar-refractivity contribution is 5.88. The number of nitrogens with one attached hydrogen (secondary N) is 1. The molecule has 0 aromatic rings. The molecule has 1 amide bonds. The lowest BCUT2D eigenvalue weighted by atomic mass is 10.1. The van der Waals surface area contributed by atoms with Crippen LogP contribution in [-0.4, -0.2) is 23.0 Å². The van der Waals surface area contributed by atoms with E-state index in [0.717, 1.165) is 18.4 Å². The van der Waals surface area contributed by atoms with Crippen LogP contribution < -0.4 is 5.32 Å². The normalized spacial score (nSPS) is 16.7. The summed E-state index contributed by atoms with van der Waals surface area (Å²) in [7, 11) is 0. The third kappa shape index (κ3) is 4.63. The molecule has 0 aromatic carbocycles. The first kappa shape index (κ1) is 11.8. The van der Waals surface area contributed by atoms with Gasteiger partial charge in [0.05, 0.1) is 6.42 Å². The number of carbonyl (C=O) groups excluding carboxylic acids is 1. The molecule has 2 N–H and O–H groups in total. The second-order valence-electron chi connectivity index (χ2n) is 4.27. The van der Waals surface area contributed by atoms with E-state index in [2.05, 4.69) is 5.32 Å². The van der Waals surface area contributed by atoms with Crippen LogP contribution in [-0.2, 0) is 9.59 Å². The molecule has 0 radical (unpaired) electrons. The van der Waals surface area contributed by atoms with E-state index in [9.17, 15) is 9.59 Å². The van der Waals surface area contributed by atoms with Crippen molar-refractivity contribution in [2.75, 3.05) is 0 Å². The molecule has 0 bridgehead atoms. The molecule has 0 aliphatic heterocycles. The summed E-state index contributed by atoms with van der Waals surface area (Å²) >= 11 is 0. The third-order valence-corrected chi connectivity index (χ3v) is 2.33. The zero-order valence-electron chi connectivity index (χ0n) is 9.12. The maximum atomic E-state index is 11.4. The molecule has 4 heteroatoms. The summed E-state index contributed by atoms with van der Waals surface area (Å²) in [4.78, 5) is 22.0. The van der Waals surface area contributed by atoms with Gasteiger partial charge in [-0.15, -0.1) is 0 Å². The van der Waals surface area contributed by atoms with Crippen LogP contribution in [0.1, 0.15) is 33.1 Å². The molecule has 0 heterocycles. The first-order chi connectivity index (χ1) is 6.99. The van der Waals surface area contributed by atoms with Crippen molar-refractivity contribution in [3.05, 3.63) is 11.6 Å². The third-order valence-electron chi connectivity index (χ3n) is 2.33. The molecule has 1 aliphatic rings. The lowest BCUT2D eigenvalue weighted by Crippen LogP contribution is -2.37. The number of hydrogen-bond donors (Lipinski definition) is 2. The Bertz CT molecular complexity index is 288. The van der Waals surface area contributed by atoms with Gasteiger partial charge < -0.3 is 10.4 Å². The van der Waals surface area contributed by atoms with E-state index in [4.69, 9.17) is 5.11 Å². The van der Waals surface area contributed by atoms with Gasteiger partial charge in [-0.05, 0) is 32.6 Å². The van der Waals surface area contributed by atoms with Crippen molar-refractivity contribution in [2.24, 2.45) is 5.92 Å². The van der Waals surface area contributed by atoms with Gasteiger partial charge in [0.2, 0.25) is 5.91 Å². The van der Waals surface area contributed by atoms with E-state index in [1.165, 1.54) is 6.08 Å². The fraction of sp³-hybridized carbons (Fsp3) is 0.636. The molecule has 1 rings (SSSR count). The van der Waals surface area contributed by atoms with Gasteiger partial charge in [-0.2, -0.15) is 0 Å². The van der Waals surface area contributed by atoms with Gasteiger partial charge in [0, 0.05) is 12.1 Å². The van der Waals surface area contributed by atoms with Crippen molar-refractivity contribution in [3.8, 4) is 0 Å². The molecule has 1 fully saturated rings. The van der Waals surface area contributed by atoms with Gasteiger partial charge in [-0.3, -0.25) is 9.59 Å². The van der Waals surface area contributed by atoms with Gasteiger partial charge in [0.25, 0.3) is 0 Å². The molecule has 15 heavy (non-hydrogen) atoms. The molecule has 0 saturated heterocycles. The Morgan fingerprint density at radius 2 is 2.07 bits per heavy atom. The number of rotatable bonds is 5. The van der Waals surface area contributed by atoms with Crippen LogP contribution in [0, 0.1) is 5.92 Å². The van der Waals surface area contributed by atoms with Crippen LogP contribution >= 0.6 is 0 Å². The summed E-state index contributed by atoms with van der Waals surface area (Å²) in [5.41, 5.74) is 0.914. The van der Waals surface area contributed by atoms with Crippen molar-refractivity contribution in [1.82, 2.24) is 5.32 Å². The van der Waals surface area contributed by atoms with Gasteiger partial charge in [0.15, 0.2) is 0 Å². The standard InChI is InChI=1S/C11H17NO3/c1-7(2)5-10(13)12-9(6-11(14)15)8-3-4-8/h5,8-9H,3-4,6H2,1-2H3,(H,12,13)(H,14,15). The zero-order valence-corrected chi connectivity index (χ0v) is 9.12. The summed E-state index contributed by atoms with van der Waals surface area (Å²) in [6, 6.07) is -0.203. The fourth-order valence-electron chi connectivity index (χ4n) is 1.51. The van der Waals surface area contributed by atoms with E-state index < -0.39 is 5.97 Å². The van der Waals surface area contributed by atoms with E-state index in [-0.39, 0.29) is 18.4 Å². The van der Waals surface area contributed by atoms with E-state index in [1.807, 2.05) is 13.8 Å². The molecule has 4 nitrogen and oxygen atoms in total. The predicted octanol–water partition coefficient (Wildman–Crippen LogP) is 1.32. The summed E-state index contributed by atoms with van der Waals surface area (Å²) in [6.07, 6.45) is 3.56. The number of amides is 1. The highest BCUT2D eigenvalue weighted by Crippen LogP contribution is 2.34. The van der Waals surface area contributed by atoms with Crippen LogP contribution in [0.2, 0.25) is 0 Å². The molecule has 84 valence electrons. The van der Waals surface area contributed by atoms with E-state index >= 15 is 0 Å². The quantitative estimate of drug-likeness (QED) is 0.674. The lowest BCUT2D eigenvalue weighted by Gasteiger charge is -2.14. The van der Waals surface area contributed by atoms with Crippen molar-refractivity contribution in [2.45, 2.75) is 39.2 Å². The minimum atomic E-state index is -0.857. The highest BCUT2D eigenvalue weighted by atomic mass is 16.4. The molecular formula is C11H17NO3. The van der Waals surface area contributed by atoms with Crippen molar-refractivity contribution in [1.29, 1.82) is 0 Å². The molecule has 1 atom stereocenters. The van der Waals surface area contributed by atoms with E-state index in [0.29, 0.717) is 5.92 Å². The molecule has 1 aliphatic carbocycles. The number of carboxylic acids is 1. The molecular weight excluding hydrogens is 194 g/mol. The Labute approximate surface area is 89.4 Å². The topological polar surface area (TPSA) is 66.4 Å². The van der Waals surface area contributed by atoms with Crippen LogP contribution in [0.25, 0.3) is 0 Å². The SMILES string of the molecule is CC(C)=CC(=O)NC(CC(=O)O)C1CC1. The monoisotopic (exact) mass is 211 g/mol. The molecule has 0 aromatic heterocycles. The average molecular weight is 211 g/mol.